The van der Waals surface area contributed by atoms with Crippen molar-refractivity contribution in [3.8, 4) is 0 Å². The number of nitrogens with one attached hydrogen (secondary N) is 1. The summed E-state index contributed by atoms with van der Waals surface area (Å²) in [6, 6.07) is 6.71. The normalized spacial score (nSPS) is 9.67. The van der Waals surface area contributed by atoms with Crippen molar-refractivity contribution in [3.63, 3.8) is 0 Å². The zero-order valence-corrected chi connectivity index (χ0v) is 8.40. The van der Waals surface area contributed by atoms with E-state index in [2.05, 4.69) is 5.32 Å². The molecule has 4 heteroatoms. The summed E-state index contributed by atoms with van der Waals surface area (Å²) in [6.07, 6.45) is 1.87. The van der Waals surface area contributed by atoms with Crippen LogP contribution in [0.25, 0.3) is 0 Å². The first kappa shape index (κ1) is 11.4. The minimum absolute atomic E-state index is 0.0562. The van der Waals surface area contributed by atoms with Crippen molar-refractivity contribution in [1.29, 1.82) is 0 Å². The van der Waals surface area contributed by atoms with Crippen molar-refractivity contribution in [2.75, 3.05) is 11.9 Å². The fraction of sp³-hybridized carbons (Fsp3) is 0.273. The lowest BCUT2D eigenvalue weighted by atomic mass is 10.2. The maximum absolute atomic E-state index is 11.3. The Kier molecular flexibility index (Phi) is 4.50. The van der Waals surface area contributed by atoms with Gasteiger partial charge < -0.3 is 11.1 Å². The Labute approximate surface area is 88.5 Å². The highest BCUT2D eigenvalue weighted by Gasteiger charge is 2.00. The number of rotatable bonds is 5. The Hall–Kier alpha value is -1.68. The smallest absolute Gasteiger partial charge is 0.224 e. The maximum Gasteiger partial charge on any atom is 0.224 e. The molecule has 80 valence electrons. The molecule has 0 aliphatic rings. The van der Waals surface area contributed by atoms with Gasteiger partial charge >= 0.3 is 0 Å². The largest absolute Gasteiger partial charge is 0.330 e. The van der Waals surface area contributed by atoms with E-state index < -0.39 is 0 Å². The van der Waals surface area contributed by atoms with Crippen molar-refractivity contribution in [2.45, 2.75) is 12.8 Å². The van der Waals surface area contributed by atoms with E-state index in [4.69, 9.17) is 5.73 Å². The van der Waals surface area contributed by atoms with Crippen molar-refractivity contribution in [2.24, 2.45) is 5.73 Å². The summed E-state index contributed by atoms with van der Waals surface area (Å²) in [5.74, 6) is -0.0562. The number of aldehydes is 1. The number of hydrogen-bond donors (Lipinski definition) is 2. The number of anilines is 1. The third-order valence-electron chi connectivity index (χ3n) is 1.94. The third-order valence-corrected chi connectivity index (χ3v) is 1.94. The standard InChI is InChI=1S/C11H14N2O2/c12-7-1-2-11(15)13-10-5-3-9(8-14)4-6-10/h3-6,8H,1-2,7,12H2,(H,13,15). The van der Waals surface area contributed by atoms with Crippen LogP contribution in [0.4, 0.5) is 5.69 Å². The molecule has 0 radical (unpaired) electrons. The molecule has 0 aliphatic carbocycles. The first-order valence-corrected chi connectivity index (χ1v) is 4.81. The minimum Gasteiger partial charge on any atom is -0.330 e. The van der Waals surface area contributed by atoms with E-state index in [1.54, 1.807) is 24.3 Å². The van der Waals surface area contributed by atoms with Gasteiger partial charge in [0, 0.05) is 17.7 Å². The molecular formula is C11H14N2O2. The number of carbonyl (C=O) groups excluding carboxylic acids is 2. The molecular weight excluding hydrogens is 192 g/mol. The lowest BCUT2D eigenvalue weighted by Gasteiger charge is -2.04. The summed E-state index contributed by atoms with van der Waals surface area (Å²) in [5, 5.41) is 2.72. The van der Waals surface area contributed by atoms with Crippen molar-refractivity contribution < 1.29 is 9.59 Å². The molecule has 1 rings (SSSR count). The third kappa shape index (κ3) is 3.91. The molecule has 1 amide bonds. The number of hydrogen-bond acceptors (Lipinski definition) is 3. The second-order valence-corrected chi connectivity index (χ2v) is 3.18. The zero-order chi connectivity index (χ0) is 11.1. The average molecular weight is 206 g/mol. The Bertz CT molecular complexity index is 333. The van der Waals surface area contributed by atoms with Gasteiger partial charge in [-0.1, -0.05) is 0 Å². The highest BCUT2D eigenvalue weighted by molar-refractivity contribution is 5.91. The van der Waals surface area contributed by atoms with Gasteiger partial charge in [0.25, 0.3) is 0 Å². The second-order valence-electron chi connectivity index (χ2n) is 3.18. The van der Waals surface area contributed by atoms with Crippen molar-refractivity contribution in [1.82, 2.24) is 0 Å². The van der Waals surface area contributed by atoms with Crippen LogP contribution >= 0.6 is 0 Å². The molecule has 1 aromatic rings. The van der Waals surface area contributed by atoms with Gasteiger partial charge in [-0.15, -0.1) is 0 Å². The van der Waals surface area contributed by atoms with Crippen molar-refractivity contribution in [3.05, 3.63) is 29.8 Å². The molecule has 3 N–H and O–H groups in total. The topological polar surface area (TPSA) is 72.2 Å². The fourth-order valence-corrected chi connectivity index (χ4v) is 1.13. The Morgan fingerprint density at radius 3 is 2.53 bits per heavy atom. The number of amides is 1. The highest BCUT2D eigenvalue weighted by Crippen LogP contribution is 2.08. The monoisotopic (exact) mass is 206 g/mol. The molecule has 0 saturated carbocycles. The van der Waals surface area contributed by atoms with Crippen LogP contribution in [0, 0.1) is 0 Å². The summed E-state index contributed by atoms with van der Waals surface area (Å²) in [4.78, 5) is 21.7. The summed E-state index contributed by atoms with van der Waals surface area (Å²) in [7, 11) is 0. The van der Waals surface area contributed by atoms with Gasteiger partial charge in [-0.2, -0.15) is 0 Å². The lowest BCUT2D eigenvalue weighted by Crippen LogP contribution is -2.13. The predicted octanol–water partition coefficient (Wildman–Crippen LogP) is 1.18. The molecule has 0 saturated heterocycles. The van der Waals surface area contributed by atoms with Crippen LogP contribution in [0.15, 0.2) is 24.3 Å². The average Bonchev–Trinajstić information content (AvgIpc) is 2.27. The van der Waals surface area contributed by atoms with E-state index in [0.717, 1.165) is 6.29 Å². The van der Waals surface area contributed by atoms with Crippen molar-refractivity contribution >= 4 is 17.9 Å². The molecule has 15 heavy (non-hydrogen) atoms. The van der Waals surface area contributed by atoms with Gasteiger partial charge in [0.1, 0.15) is 6.29 Å². The summed E-state index contributed by atoms with van der Waals surface area (Å²) in [6.45, 7) is 0.511. The SMILES string of the molecule is NCCCC(=O)Nc1ccc(C=O)cc1. The number of carbonyl (C=O) groups is 2. The maximum atomic E-state index is 11.3. The van der Waals surface area contributed by atoms with E-state index >= 15 is 0 Å². The Balaban J connectivity index is 2.49. The molecule has 0 fully saturated rings. The predicted molar refractivity (Wildman–Crippen MR) is 58.7 cm³/mol. The Morgan fingerprint density at radius 2 is 2.00 bits per heavy atom. The van der Waals surface area contributed by atoms with Crippen LogP contribution in [0.5, 0.6) is 0 Å². The molecule has 1 aromatic carbocycles. The molecule has 0 unspecified atom stereocenters. The molecule has 0 aliphatic heterocycles. The van der Waals surface area contributed by atoms with Crippen LogP contribution in [0.3, 0.4) is 0 Å². The van der Waals surface area contributed by atoms with Gasteiger partial charge in [0.2, 0.25) is 5.91 Å². The molecule has 0 bridgehead atoms. The van der Waals surface area contributed by atoms with E-state index in [0.29, 0.717) is 30.6 Å². The molecule has 0 heterocycles. The van der Waals surface area contributed by atoms with Gasteiger partial charge in [-0.3, -0.25) is 9.59 Å². The summed E-state index contributed by atoms with van der Waals surface area (Å²) < 4.78 is 0. The number of benzene rings is 1. The second kappa shape index (κ2) is 5.93. The van der Waals surface area contributed by atoms with Crippen LogP contribution < -0.4 is 11.1 Å². The van der Waals surface area contributed by atoms with Gasteiger partial charge in [-0.25, -0.2) is 0 Å². The first-order chi connectivity index (χ1) is 7.26. The Morgan fingerprint density at radius 1 is 1.33 bits per heavy atom. The molecule has 0 atom stereocenters. The van der Waals surface area contributed by atoms with Crippen LogP contribution in [0.1, 0.15) is 23.2 Å². The van der Waals surface area contributed by atoms with E-state index in [9.17, 15) is 9.59 Å². The van der Waals surface area contributed by atoms with E-state index in [1.165, 1.54) is 0 Å². The minimum atomic E-state index is -0.0562. The molecule has 0 aromatic heterocycles. The van der Waals surface area contributed by atoms with E-state index in [-0.39, 0.29) is 5.91 Å². The first-order valence-electron chi connectivity index (χ1n) is 4.81. The van der Waals surface area contributed by atoms with Gasteiger partial charge in [0.15, 0.2) is 0 Å². The van der Waals surface area contributed by atoms with Gasteiger partial charge in [-0.05, 0) is 37.2 Å². The highest BCUT2D eigenvalue weighted by atomic mass is 16.1. The molecule has 4 nitrogen and oxygen atoms in total. The fourth-order valence-electron chi connectivity index (χ4n) is 1.13. The summed E-state index contributed by atoms with van der Waals surface area (Å²) in [5.41, 5.74) is 6.58. The van der Waals surface area contributed by atoms with Crippen LogP contribution in [-0.2, 0) is 4.79 Å². The molecule has 0 spiro atoms. The zero-order valence-electron chi connectivity index (χ0n) is 8.40. The quantitative estimate of drug-likeness (QED) is 0.710. The van der Waals surface area contributed by atoms with Crippen LogP contribution in [-0.4, -0.2) is 18.7 Å². The van der Waals surface area contributed by atoms with Crippen LogP contribution in [0.2, 0.25) is 0 Å². The van der Waals surface area contributed by atoms with E-state index in [1.807, 2.05) is 0 Å². The number of nitrogens with two attached hydrogens (primary N) is 1. The summed E-state index contributed by atoms with van der Waals surface area (Å²) >= 11 is 0. The van der Waals surface area contributed by atoms with Gasteiger partial charge in [0.05, 0.1) is 0 Å². The lowest BCUT2D eigenvalue weighted by molar-refractivity contribution is -0.116.